The minimum Gasteiger partial charge on any atom is -0.469 e. The molecule has 126 valence electrons. The van der Waals surface area contributed by atoms with Gasteiger partial charge in [-0.25, -0.2) is 0 Å². The number of aliphatic imine (C=N–C) groups is 1. The van der Waals surface area contributed by atoms with E-state index < -0.39 is 0 Å². The van der Waals surface area contributed by atoms with Gasteiger partial charge in [0.2, 0.25) is 5.91 Å². The lowest BCUT2D eigenvalue weighted by Crippen LogP contribution is -2.39. The Labute approximate surface area is 132 Å². The summed E-state index contributed by atoms with van der Waals surface area (Å²) < 4.78 is 4.68. The summed E-state index contributed by atoms with van der Waals surface area (Å²) in [7, 11) is 1.38. The van der Waals surface area contributed by atoms with Gasteiger partial charge in [0, 0.05) is 32.6 Å². The van der Waals surface area contributed by atoms with E-state index in [1.165, 1.54) is 7.11 Å². The summed E-state index contributed by atoms with van der Waals surface area (Å²) in [6, 6.07) is 0. The van der Waals surface area contributed by atoms with Crippen molar-refractivity contribution in [1.29, 1.82) is 0 Å². The van der Waals surface area contributed by atoms with Gasteiger partial charge in [-0.3, -0.25) is 14.6 Å². The van der Waals surface area contributed by atoms with Gasteiger partial charge >= 0.3 is 5.97 Å². The fourth-order valence-electron chi connectivity index (χ4n) is 2.26. The SMILES string of the molecule is CCNC(=NCC(C)C(=O)OC)NCCCN1CCCC1=O. The first kappa shape index (κ1) is 18.3. The van der Waals surface area contributed by atoms with Crippen LogP contribution in [0, 0.1) is 5.92 Å². The molecule has 0 aliphatic carbocycles. The molecule has 1 heterocycles. The Morgan fingerprint density at radius 1 is 1.45 bits per heavy atom. The van der Waals surface area contributed by atoms with E-state index in [1.807, 2.05) is 11.8 Å². The second-order valence-electron chi connectivity index (χ2n) is 5.41. The zero-order chi connectivity index (χ0) is 16.4. The number of guanidine groups is 1. The Balaban J connectivity index is 2.30. The van der Waals surface area contributed by atoms with Crippen molar-refractivity contribution in [2.24, 2.45) is 10.9 Å². The van der Waals surface area contributed by atoms with Gasteiger partial charge < -0.3 is 20.3 Å². The van der Waals surface area contributed by atoms with Crippen molar-refractivity contribution in [3.63, 3.8) is 0 Å². The number of esters is 1. The Kier molecular flexibility index (Phi) is 8.32. The maximum Gasteiger partial charge on any atom is 0.310 e. The van der Waals surface area contributed by atoms with E-state index in [1.54, 1.807) is 6.92 Å². The molecule has 1 fully saturated rings. The molecule has 0 aromatic heterocycles. The number of carbonyl (C=O) groups excluding carboxylic acids is 2. The highest BCUT2D eigenvalue weighted by Gasteiger charge is 2.19. The van der Waals surface area contributed by atoms with E-state index in [4.69, 9.17) is 0 Å². The molecule has 1 aliphatic heterocycles. The van der Waals surface area contributed by atoms with Crippen LogP contribution in [0.25, 0.3) is 0 Å². The smallest absolute Gasteiger partial charge is 0.310 e. The van der Waals surface area contributed by atoms with Gasteiger partial charge in [-0.15, -0.1) is 0 Å². The largest absolute Gasteiger partial charge is 0.469 e. The van der Waals surface area contributed by atoms with Gasteiger partial charge in [0.25, 0.3) is 0 Å². The van der Waals surface area contributed by atoms with Crippen LogP contribution >= 0.6 is 0 Å². The third kappa shape index (κ3) is 6.32. The summed E-state index contributed by atoms with van der Waals surface area (Å²) in [4.78, 5) is 29.1. The number of nitrogens with zero attached hydrogens (tertiary/aromatic N) is 2. The molecule has 0 bridgehead atoms. The Hall–Kier alpha value is -1.79. The number of amides is 1. The number of nitrogens with one attached hydrogen (secondary N) is 2. The van der Waals surface area contributed by atoms with Gasteiger partial charge in [-0.1, -0.05) is 6.92 Å². The number of methoxy groups -OCH3 is 1. The van der Waals surface area contributed by atoms with E-state index >= 15 is 0 Å². The maximum atomic E-state index is 11.5. The van der Waals surface area contributed by atoms with Crippen molar-refractivity contribution < 1.29 is 14.3 Å². The second-order valence-corrected chi connectivity index (χ2v) is 5.41. The first-order valence-electron chi connectivity index (χ1n) is 7.96. The fourth-order valence-corrected chi connectivity index (χ4v) is 2.26. The van der Waals surface area contributed by atoms with Gasteiger partial charge in [0.1, 0.15) is 0 Å². The van der Waals surface area contributed by atoms with Crippen LogP contribution < -0.4 is 10.6 Å². The lowest BCUT2D eigenvalue weighted by atomic mass is 10.2. The van der Waals surface area contributed by atoms with E-state index in [2.05, 4.69) is 20.4 Å². The summed E-state index contributed by atoms with van der Waals surface area (Å²) in [5, 5.41) is 6.36. The standard InChI is InChI=1S/C15H28N4O3/c1-4-16-15(18-11-12(2)14(21)22-3)17-8-6-10-19-9-5-7-13(19)20/h12H,4-11H2,1-3H3,(H2,16,17,18). The van der Waals surface area contributed by atoms with Crippen LogP contribution in [-0.4, -0.2) is 62.6 Å². The van der Waals surface area contributed by atoms with Crippen LogP contribution in [0.3, 0.4) is 0 Å². The molecule has 0 saturated carbocycles. The number of ether oxygens (including phenoxy) is 1. The molecule has 0 aromatic rings. The van der Waals surface area contributed by atoms with E-state index in [-0.39, 0.29) is 17.8 Å². The minimum atomic E-state index is -0.261. The normalized spacial score (nSPS) is 16.6. The zero-order valence-electron chi connectivity index (χ0n) is 13.9. The number of hydrogen-bond acceptors (Lipinski definition) is 4. The molecule has 22 heavy (non-hydrogen) atoms. The van der Waals surface area contributed by atoms with Gasteiger partial charge in [0.15, 0.2) is 5.96 Å². The van der Waals surface area contributed by atoms with Crippen LogP contribution in [0.5, 0.6) is 0 Å². The summed E-state index contributed by atoms with van der Waals surface area (Å²) >= 11 is 0. The molecule has 1 saturated heterocycles. The molecule has 1 rings (SSSR count). The minimum absolute atomic E-state index is 0.257. The van der Waals surface area contributed by atoms with E-state index in [0.717, 1.165) is 39.0 Å². The molecule has 0 spiro atoms. The highest BCUT2D eigenvalue weighted by atomic mass is 16.5. The topological polar surface area (TPSA) is 83.0 Å². The lowest BCUT2D eigenvalue weighted by Gasteiger charge is -2.16. The van der Waals surface area contributed by atoms with Gasteiger partial charge in [0.05, 0.1) is 19.6 Å². The van der Waals surface area contributed by atoms with E-state index in [9.17, 15) is 9.59 Å². The number of likely N-dealkylation sites (tertiary alicyclic amines) is 1. The van der Waals surface area contributed by atoms with Gasteiger partial charge in [-0.2, -0.15) is 0 Å². The maximum absolute atomic E-state index is 11.5. The summed E-state index contributed by atoms with van der Waals surface area (Å²) in [6.45, 7) is 7.31. The highest BCUT2D eigenvalue weighted by molar-refractivity contribution is 5.80. The highest BCUT2D eigenvalue weighted by Crippen LogP contribution is 2.09. The van der Waals surface area contributed by atoms with Crippen molar-refractivity contribution >= 4 is 17.8 Å². The molecule has 1 amide bonds. The summed E-state index contributed by atoms with van der Waals surface area (Å²) in [6.07, 6.45) is 2.54. The summed E-state index contributed by atoms with van der Waals surface area (Å²) in [5.74, 6) is 0.424. The Morgan fingerprint density at radius 3 is 2.82 bits per heavy atom. The lowest BCUT2D eigenvalue weighted by molar-refractivity contribution is -0.144. The predicted molar refractivity (Wildman–Crippen MR) is 85.6 cm³/mol. The molecule has 7 heteroatoms. The van der Waals surface area contributed by atoms with Crippen LogP contribution in [0.15, 0.2) is 4.99 Å². The monoisotopic (exact) mass is 312 g/mol. The predicted octanol–water partition coefficient (Wildman–Crippen LogP) is 0.363. The quantitative estimate of drug-likeness (QED) is 0.293. The third-order valence-corrected chi connectivity index (χ3v) is 3.54. The van der Waals surface area contributed by atoms with Crippen LogP contribution in [0.4, 0.5) is 0 Å². The molecule has 1 atom stereocenters. The summed E-state index contributed by atoms with van der Waals surface area (Å²) in [5.41, 5.74) is 0. The molecule has 0 aromatic carbocycles. The van der Waals surface area contributed by atoms with Crippen molar-refractivity contribution in [1.82, 2.24) is 15.5 Å². The Morgan fingerprint density at radius 2 is 2.23 bits per heavy atom. The van der Waals surface area contributed by atoms with Crippen LogP contribution in [0.1, 0.15) is 33.1 Å². The fraction of sp³-hybridized carbons (Fsp3) is 0.800. The van der Waals surface area contributed by atoms with Crippen LogP contribution in [0.2, 0.25) is 0 Å². The molecule has 7 nitrogen and oxygen atoms in total. The molecular formula is C15H28N4O3. The zero-order valence-corrected chi connectivity index (χ0v) is 13.9. The number of hydrogen-bond donors (Lipinski definition) is 2. The number of rotatable bonds is 8. The molecule has 1 unspecified atom stereocenters. The first-order valence-corrected chi connectivity index (χ1v) is 7.96. The average Bonchev–Trinajstić information content (AvgIpc) is 2.93. The Bertz CT molecular complexity index is 398. The first-order chi connectivity index (χ1) is 10.6. The van der Waals surface area contributed by atoms with Gasteiger partial charge in [-0.05, 0) is 19.8 Å². The number of carbonyl (C=O) groups is 2. The van der Waals surface area contributed by atoms with Crippen LogP contribution in [-0.2, 0) is 14.3 Å². The molecule has 1 aliphatic rings. The third-order valence-electron chi connectivity index (χ3n) is 3.54. The van der Waals surface area contributed by atoms with Crippen molar-refractivity contribution in [3.8, 4) is 0 Å². The average molecular weight is 312 g/mol. The molecule has 0 radical (unpaired) electrons. The van der Waals surface area contributed by atoms with Crippen molar-refractivity contribution in [3.05, 3.63) is 0 Å². The molecule has 2 N–H and O–H groups in total. The second kappa shape index (κ2) is 10.0. The van der Waals surface area contributed by atoms with Crippen molar-refractivity contribution in [2.45, 2.75) is 33.1 Å². The molecular weight excluding hydrogens is 284 g/mol. The van der Waals surface area contributed by atoms with Crippen molar-refractivity contribution in [2.75, 3.05) is 39.8 Å². The van der Waals surface area contributed by atoms with E-state index in [0.29, 0.717) is 18.9 Å².